The molecule has 2 fully saturated rings. The molecular formula is C13H26N2O. The van der Waals surface area contributed by atoms with Gasteiger partial charge in [-0.15, -0.1) is 0 Å². The molecule has 0 bridgehead atoms. The van der Waals surface area contributed by atoms with Gasteiger partial charge in [0.2, 0.25) is 0 Å². The number of nitrogens with one attached hydrogen (secondary N) is 1. The van der Waals surface area contributed by atoms with Crippen molar-refractivity contribution in [2.45, 2.75) is 44.7 Å². The van der Waals surface area contributed by atoms with Crippen LogP contribution in [0.3, 0.4) is 0 Å². The zero-order chi connectivity index (χ0) is 11.4. The third kappa shape index (κ3) is 3.44. The summed E-state index contributed by atoms with van der Waals surface area (Å²) in [7, 11) is 1.82. The van der Waals surface area contributed by atoms with Crippen molar-refractivity contribution >= 4 is 0 Å². The number of nitrogens with zero attached hydrogens (tertiary/aromatic N) is 1. The summed E-state index contributed by atoms with van der Waals surface area (Å²) in [6, 6.07) is 1.34. The van der Waals surface area contributed by atoms with Gasteiger partial charge in [0.05, 0.1) is 6.61 Å². The monoisotopic (exact) mass is 226 g/mol. The van der Waals surface area contributed by atoms with Crippen LogP contribution in [0.1, 0.15) is 32.6 Å². The van der Waals surface area contributed by atoms with Crippen LogP contribution >= 0.6 is 0 Å². The van der Waals surface area contributed by atoms with Crippen LogP contribution in [0.4, 0.5) is 0 Å². The van der Waals surface area contributed by atoms with E-state index < -0.39 is 0 Å². The first-order valence-electron chi connectivity index (χ1n) is 6.80. The molecule has 0 spiro atoms. The minimum absolute atomic E-state index is 0.614. The number of likely N-dealkylation sites (tertiary alicyclic amines) is 1. The van der Waals surface area contributed by atoms with E-state index in [1.165, 1.54) is 45.3 Å². The zero-order valence-corrected chi connectivity index (χ0v) is 10.7. The summed E-state index contributed by atoms with van der Waals surface area (Å²) in [6.45, 7) is 6.87. The molecule has 1 aliphatic heterocycles. The maximum absolute atomic E-state index is 5.32. The van der Waals surface area contributed by atoms with Crippen molar-refractivity contribution in [2.75, 3.05) is 33.4 Å². The fraction of sp³-hybridized carbons (Fsp3) is 1.00. The molecule has 0 aromatic heterocycles. The minimum Gasteiger partial charge on any atom is -0.383 e. The van der Waals surface area contributed by atoms with Gasteiger partial charge in [-0.25, -0.2) is 0 Å². The Labute approximate surface area is 99.5 Å². The summed E-state index contributed by atoms with van der Waals surface area (Å²) in [5.41, 5.74) is 0. The van der Waals surface area contributed by atoms with Crippen molar-refractivity contribution in [3.8, 4) is 0 Å². The molecule has 1 unspecified atom stereocenters. The first kappa shape index (κ1) is 12.3. The van der Waals surface area contributed by atoms with Gasteiger partial charge in [-0.2, -0.15) is 0 Å². The van der Waals surface area contributed by atoms with Gasteiger partial charge in [0.25, 0.3) is 0 Å². The second kappa shape index (κ2) is 5.99. The Morgan fingerprint density at radius 2 is 1.94 bits per heavy atom. The Balaban J connectivity index is 1.71. The zero-order valence-electron chi connectivity index (χ0n) is 10.7. The Morgan fingerprint density at radius 1 is 1.25 bits per heavy atom. The molecule has 1 aliphatic carbocycles. The van der Waals surface area contributed by atoms with E-state index in [0.29, 0.717) is 6.04 Å². The topological polar surface area (TPSA) is 24.5 Å². The minimum atomic E-state index is 0.614. The molecule has 0 aromatic rings. The third-order valence-electron chi connectivity index (χ3n) is 4.02. The maximum Gasteiger partial charge on any atom is 0.0618 e. The van der Waals surface area contributed by atoms with Crippen molar-refractivity contribution in [1.29, 1.82) is 0 Å². The molecule has 0 amide bonds. The number of methoxy groups -OCH3 is 1. The average Bonchev–Trinajstić information content (AvgIpc) is 3.13. The Kier molecular flexibility index (Phi) is 4.62. The van der Waals surface area contributed by atoms with Crippen LogP contribution in [-0.2, 0) is 4.74 Å². The lowest BCUT2D eigenvalue weighted by molar-refractivity contribution is 0.135. The van der Waals surface area contributed by atoms with Crippen LogP contribution in [0.5, 0.6) is 0 Å². The van der Waals surface area contributed by atoms with E-state index in [1.54, 1.807) is 0 Å². The van der Waals surface area contributed by atoms with E-state index in [2.05, 4.69) is 17.1 Å². The van der Waals surface area contributed by atoms with E-state index in [0.717, 1.165) is 18.6 Å². The van der Waals surface area contributed by atoms with Gasteiger partial charge < -0.3 is 15.0 Å². The van der Waals surface area contributed by atoms with Crippen LogP contribution in [0.15, 0.2) is 0 Å². The molecule has 0 radical (unpaired) electrons. The molecule has 0 aromatic carbocycles. The summed E-state index contributed by atoms with van der Waals surface area (Å²) >= 11 is 0. The molecule has 2 rings (SSSR count). The highest BCUT2D eigenvalue weighted by Gasteiger charge is 2.33. The van der Waals surface area contributed by atoms with Crippen molar-refractivity contribution < 1.29 is 4.74 Å². The highest BCUT2D eigenvalue weighted by atomic mass is 16.5. The summed E-state index contributed by atoms with van der Waals surface area (Å²) < 4.78 is 5.32. The first-order chi connectivity index (χ1) is 7.83. The summed E-state index contributed by atoms with van der Waals surface area (Å²) in [5.74, 6) is 0.893. The third-order valence-corrected chi connectivity index (χ3v) is 4.02. The predicted molar refractivity (Wildman–Crippen MR) is 66.7 cm³/mol. The summed E-state index contributed by atoms with van der Waals surface area (Å²) in [4.78, 5) is 2.54. The highest BCUT2D eigenvalue weighted by molar-refractivity contribution is 4.89. The van der Waals surface area contributed by atoms with E-state index >= 15 is 0 Å². The number of rotatable bonds is 6. The lowest BCUT2D eigenvalue weighted by Crippen LogP contribution is -2.48. The molecule has 1 saturated carbocycles. The fourth-order valence-corrected chi connectivity index (χ4v) is 2.72. The lowest BCUT2D eigenvalue weighted by Gasteiger charge is -2.34. The number of hydrogen-bond acceptors (Lipinski definition) is 3. The quantitative estimate of drug-likeness (QED) is 0.742. The SMILES string of the molecule is CCN1CCC(NC(COC)C2CC2)CC1. The average molecular weight is 226 g/mol. The van der Waals surface area contributed by atoms with Crippen LogP contribution in [-0.4, -0.2) is 50.3 Å². The Bertz CT molecular complexity index is 198. The highest BCUT2D eigenvalue weighted by Crippen LogP contribution is 2.33. The number of hydrogen-bond donors (Lipinski definition) is 1. The van der Waals surface area contributed by atoms with Crippen molar-refractivity contribution in [3.05, 3.63) is 0 Å². The second-order valence-corrected chi connectivity index (χ2v) is 5.27. The van der Waals surface area contributed by atoms with Gasteiger partial charge in [-0.05, 0) is 51.2 Å². The smallest absolute Gasteiger partial charge is 0.0618 e. The molecule has 94 valence electrons. The second-order valence-electron chi connectivity index (χ2n) is 5.27. The largest absolute Gasteiger partial charge is 0.383 e. The van der Waals surface area contributed by atoms with E-state index in [-0.39, 0.29) is 0 Å². The van der Waals surface area contributed by atoms with Crippen LogP contribution < -0.4 is 5.32 Å². The van der Waals surface area contributed by atoms with Gasteiger partial charge in [0, 0.05) is 19.2 Å². The molecule has 1 atom stereocenters. The van der Waals surface area contributed by atoms with Gasteiger partial charge in [0.15, 0.2) is 0 Å². The first-order valence-corrected chi connectivity index (χ1v) is 6.80. The van der Waals surface area contributed by atoms with Gasteiger partial charge >= 0.3 is 0 Å². The van der Waals surface area contributed by atoms with E-state index in [4.69, 9.17) is 4.74 Å². The van der Waals surface area contributed by atoms with Crippen molar-refractivity contribution in [1.82, 2.24) is 10.2 Å². The summed E-state index contributed by atoms with van der Waals surface area (Å²) in [6.07, 6.45) is 5.41. The number of piperidine rings is 1. The molecule has 16 heavy (non-hydrogen) atoms. The van der Waals surface area contributed by atoms with E-state index in [9.17, 15) is 0 Å². The van der Waals surface area contributed by atoms with Crippen LogP contribution in [0.2, 0.25) is 0 Å². The molecule has 1 heterocycles. The number of ether oxygens (including phenoxy) is 1. The van der Waals surface area contributed by atoms with Gasteiger partial charge in [-0.3, -0.25) is 0 Å². The molecule has 3 heteroatoms. The molecule has 3 nitrogen and oxygen atoms in total. The molecule has 2 aliphatic rings. The van der Waals surface area contributed by atoms with Gasteiger partial charge in [0.1, 0.15) is 0 Å². The van der Waals surface area contributed by atoms with Crippen molar-refractivity contribution in [3.63, 3.8) is 0 Å². The Hall–Kier alpha value is -0.120. The van der Waals surface area contributed by atoms with Crippen molar-refractivity contribution in [2.24, 2.45) is 5.92 Å². The van der Waals surface area contributed by atoms with Crippen LogP contribution in [0.25, 0.3) is 0 Å². The fourth-order valence-electron chi connectivity index (χ4n) is 2.72. The molecule has 1 saturated heterocycles. The normalized spacial score (nSPS) is 25.9. The standard InChI is InChI=1S/C13H26N2O/c1-3-15-8-6-12(7-9-15)14-13(10-16-2)11-4-5-11/h11-14H,3-10H2,1-2H3. The predicted octanol–water partition coefficient (Wildman–Crippen LogP) is 1.49. The van der Waals surface area contributed by atoms with Crippen LogP contribution in [0, 0.1) is 5.92 Å². The lowest BCUT2D eigenvalue weighted by atomic mass is 10.0. The molecule has 1 N–H and O–H groups in total. The maximum atomic E-state index is 5.32. The Morgan fingerprint density at radius 3 is 2.44 bits per heavy atom. The van der Waals surface area contributed by atoms with E-state index in [1.807, 2.05) is 7.11 Å². The summed E-state index contributed by atoms with van der Waals surface area (Å²) in [5, 5.41) is 3.81. The van der Waals surface area contributed by atoms with Gasteiger partial charge in [-0.1, -0.05) is 6.92 Å². The molecular weight excluding hydrogens is 200 g/mol.